The molecule has 1 aromatic heterocycles. The smallest absolute Gasteiger partial charge is 0.161 e. The molecule has 0 atom stereocenters. The number of H-pyrrole nitrogens is 1. The van der Waals surface area contributed by atoms with Crippen LogP contribution in [0.2, 0.25) is 0 Å². The summed E-state index contributed by atoms with van der Waals surface area (Å²) in [5.41, 5.74) is 1.85. The van der Waals surface area contributed by atoms with Gasteiger partial charge in [0.2, 0.25) is 0 Å². The highest BCUT2D eigenvalue weighted by Gasteiger charge is 2.23. The Balaban J connectivity index is 0.00000289. The summed E-state index contributed by atoms with van der Waals surface area (Å²) in [6.07, 6.45) is 5.02. The van der Waals surface area contributed by atoms with E-state index in [0.717, 1.165) is 49.7 Å². The first-order chi connectivity index (χ1) is 15.0. The van der Waals surface area contributed by atoms with Crippen molar-refractivity contribution in [1.82, 2.24) is 9.88 Å². The Bertz CT molecular complexity index is 1060. The second kappa shape index (κ2) is 10.8. The molecule has 3 aromatic rings. The number of aromatic nitrogens is 1. The van der Waals surface area contributed by atoms with Crippen LogP contribution in [0, 0.1) is 5.82 Å². The Kier molecular flexibility index (Phi) is 8.15. The van der Waals surface area contributed by atoms with E-state index in [1.807, 2.05) is 12.3 Å². The van der Waals surface area contributed by atoms with Crippen LogP contribution in [0.25, 0.3) is 10.8 Å². The molecule has 5 nitrogen and oxygen atoms in total. The molecule has 0 bridgehead atoms. The number of ether oxygens (including phenoxy) is 2. The number of hydrogen-bond acceptors (Lipinski definition) is 4. The summed E-state index contributed by atoms with van der Waals surface area (Å²) in [5, 5.41) is 2.08. The van der Waals surface area contributed by atoms with Gasteiger partial charge in [-0.05, 0) is 75.7 Å². The van der Waals surface area contributed by atoms with Crippen molar-refractivity contribution in [2.45, 2.75) is 32.1 Å². The number of ketones is 1. The minimum Gasteiger partial charge on any atom is -0.493 e. The summed E-state index contributed by atoms with van der Waals surface area (Å²) in [6, 6.07) is 10.3. The van der Waals surface area contributed by atoms with Crippen LogP contribution in [0.3, 0.4) is 0 Å². The van der Waals surface area contributed by atoms with E-state index in [1.165, 1.54) is 18.7 Å². The molecule has 0 spiro atoms. The zero-order valence-corrected chi connectivity index (χ0v) is 19.3. The quantitative estimate of drug-likeness (QED) is 0.351. The lowest BCUT2D eigenvalue weighted by Gasteiger charge is -2.31. The number of halogens is 2. The molecule has 0 saturated carbocycles. The molecule has 0 amide bonds. The fourth-order valence-electron chi connectivity index (χ4n) is 4.39. The molecule has 1 aliphatic heterocycles. The monoisotopic (exact) mass is 460 g/mol. The van der Waals surface area contributed by atoms with E-state index in [2.05, 4.69) is 9.88 Å². The minimum absolute atomic E-state index is 0. The number of nitrogens with zero attached hydrogens (tertiary/aromatic N) is 1. The summed E-state index contributed by atoms with van der Waals surface area (Å²) >= 11 is 0. The third-order valence-corrected chi connectivity index (χ3v) is 6.13. The van der Waals surface area contributed by atoms with Crippen LogP contribution in [0.15, 0.2) is 42.6 Å². The maximum Gasteiger partial charge on any atom is 0.161 e. The van der Waals surface area contributed by atoms with Gasteiger partial charge in [-0.15, -0.1) is 12.4 Å². The number of hydrogen-bond donors (Lipinski definition) is 1. The average molecular weight is 461 g/mol. The number of carbonyl (C=O) groups excluding carboxylic acids is 1. The third-order valence-electron chi connectivity index (χ3n) is 6.13. The molecule has 1 aliphatic rings. The Labute approximate surface area is 194 Å². The highest BCUT2D eigenvalue weighted by atomic mass is 35.5. The van der Waals surface area contributed by atoms with Gasteiger partial charge in [0.1, 0.15) is 5.82 Å². The fourth-order valence-corrected chi connectivity index (χ4v) is 4.39. The highest BCUT2D eigenvalue weighted by molar-refractivity contribution is 5.94. The Morgan fingerprint density at radius 3 is 2.66 bits per heavy atom. The normalized spacial score (nSPS) is 14.8. The molecule has 1 saturated heterocycles. The average Bonchev–Trinajstić information content (AvgIpc) is 3.20. The Hall–Kier alpha value is -2.57. The van der Waals surface area contributed by atoms with Crippen molar-refractivity contribution >= 4 is 29.0 Å². The van der Waals surface area contributed by atoms with E-state index >= 15 is 0 Å². The summed E-state index contributed by atoms with van der Waals surface area (Å²) in [5.74, 6) is 1.56. The lowest BCUT2D eigenvalue weighted by molar-refractivity contribution is 0.101. The number of fused-ring (bicyclic) bond motifs is 1. The first-order valence-electron chi connectivity index (χ1n) is 10.9. The highest BCUT2D eigenvalue weighted by Crippen LogP contribution is 2.33. The lowest BCUT2D eigenvalue weighted by atomic mass is 9.91. The molecular weight excluding hydrogens is 431 g/mol. The van der Waals surface area contributed by atoms with Crippen LogP contribution < -0.4 is 9.47 Å². The molecule has 4 rings (SSSR count). The van der Waals surface area contributed by atoms with Gasteiger partial charge in [0.25, 0.3) is 0 Å². The molecule has 1 N–H and O–H groups in total. The topological polar surface area (TPSA) is 54.6 Å². The number of methoxy groups -OCH3 is 1. The van der Waals surface area contributed by atoms with Gasteiger partial charge < -0.3 is 19.4 Å². The number of piperidine rings is 1. The number of Topliss-reactive ketones (excluding diaryl/α,β-unsaturated/α-hetero) is 1. The molecular formula is C25H30ClFN2O3. The van der Waals surface area contributed by atoms with Crippen molar-refractivity contribution in [1.29, 1.82) is 0 Å². The van der Waals surface area contributed by atoms with E-state index in [9.17, 15) is 9.18 Å². The van der Waals surface area contributed by atoms with Crippen molar-refractivity contribution in [3.05, 3.63) is 59.7 Å². The first-order valence-corrected chi connectivity index (χ1v) is 10.9. The van der Waals surface area contributed by atoms with Crippen molar-refractivity contribution in [3.63, 3.8) is 0 Å². The second-order valence-electron chi connectivity index (χ2n) is 8.17. The van der Waals surface area contributed by atoms with Crippen molar-refractivity contribution in [2.75, 3.05) is 33.4 Å². The van der Waals surface area contributed by atoms with Crippen molar-refractivity contribution in [2.24, 2.45) is 0 Å². The van der Waals surface area contributed by atoms with Gasteiger partial charge in [-0.1, -0.05) is 0 Å². The predicted molar refractivity (Wildman–Crippen MR) is 127 cm³/mol. The van der Waals surface area contributed by atoms with Gasteiger partial charge in [-0.3, -0.25) is 4.79 Å². The molecule has 1 fully saturated rings. The van der Waals surface area contributed by atoms with E-state index in [-0.39, 0.29) is 24.0 Å². The van der Waals surface area contributed by atoms with Gasteiger partial charge >= 0.3 is 0 Å². The van der Waals surface area contributed by atoms with E-state index in [4.69, 9.17) is 9.47 Å². The van der Waals surface area contributed by atoms with Gasteiger partial charge in [0.05, 0.1) is 13.7 Å². The molecule has 0 unspecified atom stereocenters. The van der Waals surface area contributed by atoms with Crippen LogP contribution in [0.4, 0.5) is 4.39 Å². The Morgan fingerprint density at radius 2 is 1.94 bits per heavy atom. The molecule has 2 aromatic carbocycles. The third kappa shape index (κ3) is 5.43. The molecule has 172 valence electrons. The standard InChI is InChI=1S/C25H29FN2O3.ClH/c1-17(29)19-4-7-23(24(15-19)30-2)31-13-3-10-28-11-8-18(9-12-28)25-22-6-5-21(26)14-20(22)16-27-25;/h4-7,14-16,18,27H,3,8-13H2,1-2H3;1H. The first kappa shape index (κ1) is 24.1. The summed E-state index contributed by atoms with van der Waals surface area (Å²) in [4.78, 5) is 17.4. The van der Waals surface area contributed by atoms with Crippen molar-refractivity contribution < 1.29 is 18.7 Å². The summed E-state index contributed by atoms with van der Waals surface area (Å²) in [7, 11) is 1.58. The summed E-state index contributed by atoms with van der Waals surface area (Å²) < 4.78 is 24.7. The maximum atomic E-state index is 13.4. The number of rotatable bonds is 8. The maximum absolute atomic E-state index is 13.4. The molecule has 0 radical (unpaired) electrons. The summed E-state index contributed by atoms with van der Waals surface area (Å²) in [6.45, 7) is 5.21. The van der Waals surface area contributed by atoms with Gasteiger partial charge in [-0.25, -0.2) is 4.39 Å². The van der Waals surface area contributed by atoms with Crippen LogP contribution in [-0.4, -0.2) is 49.0 Å². The zero-order chi connectivity index (χ0) is 21.8. The van der Waals surface area contributed by atoms with Gasteiger partial charge in [0.15, 0.2) is 17.3 Å². The number of aromatic amines is 1. The second-order valence-corrected chi connectivity index (χ2v) is 8.17. The lowest BCUT2D eigenvalue weighted by Crippen LogP contribution is -2.34. The van der Waals surface area contributed by atoms with E-state index in [0.29, 0.717) is 29.6 Å². The van der Waals surface area contributed by atoms with Crippen LogP contribution >= 0.6 is 12.4 Å². The number of nitrogens with one attached hydrogen (secondary N) is 1. The van der Waals surface area contributed by atoms with E-state index in [1.54, 1.807) is 31.4 Å². The number of likely N-dealkylation sites (tertiary alicyclic amines) is 1. The van der Waals surface area contributed by atoms with Crippen LogP contribution in [-0.2, 0) is 0 Å². The van der Waals surface area contributed by atoms with E-state index < -0.39 is 0 Å². The molecule has 0 aliphatic carbocycles. The van der Waals surface area contributed by atoms with Crippen LogP contribution in [0.5, 0.6) is 11.5 Å². The van der Waals surface area contributed by atoms with Crippen molar-refractivity contribution in [3.8, 4) is 11.5 Å². The molecule has 7 heteroatoms. The predicted octanol–water partition coefficient (Wildman–Crippen LogP) is 5.59. The minimum atomic E-state index is -0.192. The molecule has 32 heavy (non-hydrogen) atoms. The number of carbonyl (C=O) groups is 1. The van der Waals surface area contributed by atoms with Gasteiger partial charge in [-0.2, -0.15) is 0 Å². The van der Waals surface area contributed by atoms with Gasteiger partial charge in [0, 0.05) is 40.7 Å². The van der Waals surface area contributed by atoms with Crippen LogP contribution in [0.1, 0.15) is 48.2 Å². The SMILES string of the molecule is COc1cc(C(C)=O)ccc1OCCCN1CCC(c2[nH]cc3cc(F)ccc23)CC1.Cl. The molecule has 2 heterocycles. The zero-order valence-electron chi connectivity index (χ0n) is 18.5. The largest absolute Gasteiger partial charge is 0.493 e. The fraction of sp³-hybridized carbons (Fsp3) is 0.400. The Morgan fingerprint density at radius 1 is 1.16 bits per heavy atom. The number of benzene rings is 2.